The van der Waals surface area contributed by atoms with Crippen LogP contribution in [0.15, 0.2) is 18.2 Å². The zero-order valence-electron chi connectivity index (χ0n) is 16.1. The topological polar surface area (TPSA) is 0 Å². The molecule has 3 fully saturated rings. The van der Waals surface area contributed by atoms with Crippen LogP contribution in [0.4, 0.5) is 8.78 Å². The minimum absolute atomic E-state index is 0.431. The average Bonchev–Trinajstić information content (AvgIpc) is 3.18. The minimum atomic E-state index is -0.725. The molecule has 3 aliphatic rings. The van der Waals surface area contributed by atoms with Crippen molar-refractivity contribution >= 4 is 0 Å². The van der Waals surface area contributed by atoms with Gasteiger partial charge in [-0.2, -0.15) is 0 Å². The summed E-state index contributed by atoms with van der Waals surface area (Å²) in [6, 6.07) is 4.51. The molecule has 0 radical (unpaired) electrons. The number of halogens is 2. The maximum Gasteiger partial charge on any atom is 0.159 e. The fourth-order valence-electron chi connectivity index (χ4n) is 6.30. The normalized spacial score (nSPS) is 33.5. The first-order valence-corrected chi connectivity index (χ1v) is 11.1. The molecule has 4 rings (SSSR count). The van der Waals surface area contributed by atoms with Crippen LogP contribution in [0.1, 0.15) is 95.0 Å². The lowest BCUT2D eigenvalue weighted by Gasteiger charge is -2.38. The summed E-state index contributed by atoms with van der Waals surface area (Å²) in [6.45, 7) is 0. The van der Waals surface area contributed by atoms with Gasteiger partial charge in [-0.25, -0.2) is 8.78 Å². The van der Waals surface area contributed by atoms with Crippen LogP contribution in [0, 0.1) is 35.3 Å². The first-order valence-electron chi connectivity index (χ1n) is 11.1. The van der Waals surface area contributed by atoms with E-state index in [9.17, 15) is 8.78 Å². The van der Waals surface area contributed by atoms with Gasteiger partial charge in [0.2, 0.25) is 0 Å². The van der Waals surface area contributed by atoms with Crippen molar-refractivity contribution in [3.8, 4) is 0 Å². The molecule has 0 heterocycles. The monoisotopic (exact) mass is 360 g/mol. The summed E-state index contributed by atoms with van der Waals surface area (Å²) in [7, 11) is 0. The minimum Gasteiger partial charge on any atom is -0.204 e. The summed E-state index contributed by atoms with van der Waals surface area (Å²) in [5.41, 5.74) is 1.00. The van der Waals surface area contributed by atoms with Gasteiger partial charge in [-0.3, -0.25) is 0 Å². The van der Waals surface area contributed by atoms with Gasteiger partial charge in [0, 0.05) is 0 Å². The van der Waals surface area contributed by atoms with Crippen LogP contribution in [0.3, 0.4) is 0 Å². The van der Waals surface area contributed by atoms with Gasteiger partial charge < -0.3 is 0 Å². The summed E-state index contributed by atoms with van der Waals surface area (Å²) < 4.78 is 26.7. The Morgan fingerprint density at radius 1 is 0.654 bits per heavy atom. The van der Waals surface area contributed by atoms with Crippen LogP contribution in [-0.4, -0.2) is 0 Å². The number of hydrogen-bond acceptors (Lipinski definition) is 0. The molecule has 0 aromatic heterocycles. The van der Waals surface area contributed by atoms with Crippen molar-refractivity contribution in [1.29, 1.82) is 0 Å². The number of benzene rings is 1. The third-order valence-corrected chi connectivity index (χ3v) is 7.89. The lowest BCUT2D eigenvalue weighted by molar-refractivity contribution is 0.149. The van der Waals surface area contributed by atoms with Crippen LogP contribution >= 0.6 is 0 Å². The highest BCUT2D eigenvalue weighted by atomic mass is 19.2. The SMILES string of the molecule is Fc1ccc([C@H]2CC[C@H]([C@H]3CC[C@H](CC4CCCC4)CC3)CC2)cc1F. The van der Waals surface area contributed by atoms with Gasteiger partial charge in [0.25, 0.3) is 0 Å². The first-order chi connectivity index (χ1) is 12.7. The van der Waals surface area contributed by atoms with E-state index in [1.54, 1.807) is 6.07 Å². The van der Waals surface area contributed by atoms with E-state index >= 15 is 0 Å². The lowest BCUT2D eigenvalue weighted by atomic mass is 9.67. The molecule has 1 aromatic carbocycles. The Hall–Kier alpha value is -0.920. The van der Waals surface area contributed by atoms with Gasteiger partial charge in [-0.15, -0.1) is 0 Å². The maximum atomic E-state index is 13.5. The third-order valence-electron chi connectivity index (χ3n) is 7.89. The maximum absolute atomic E-state index is 13.5. The Morgan fingerprint density at radius 3 is 1.85 bits per heavy atom. The van der Waals surface area contributed by atoms with E-state index in [-0.39, 0.29) is 0 Å². The largest absolute Gasteiger partial charge is 0.204 e. The van der Waals surface area contributed by atoms with Crippen molar-refractivity contribution < 1.29 is 8.78 Å². The fourth-order valence-corrected chi connectivity index (χ4v) is 6.30. The molecule has 0 spiro atoms. The second kappa shape index (κ2) is 8.40. The standard InChI is InChI=1S/C24H34F2/c25-23-14-13-22(16-24(23)26)21-11-9-20(10-12-21)19-7-5-18(6-8-19)15-17-3-1-2-4-17/h13-14,16-21H,1-12,15H2/t18-,19-,20-,21-. The van der Waals surface area contributed by atoms with E-state index in [0.29, 0.717) is 5.92 Å². The molecule has 3 saturated carbocycles. The van der Waals surface area contributed by atoms with Gasteiger partial charge in [0.05, 0.1) is 0 Å². The number of rotatable bonds is 4. The summed E-state index contributed by atoms with van der Waals surface area (Å²) in [5, 5.41) is 0. The smallest absolute Gasteiger partial charge is 0.159 e. The number of hydrogen-bond donors (Lipinski definition) is 0. The van der Waals surface area contributed by atoms with Crippen molar-refractivity contribution in [3.05, 3.63) is 35.4 Å². The highest BCUT2D eigenvalue weighted by Gasteiger charge is 2.32. The zero-order chi connectivity index (χ0) is 17.9. The molecule has 0 aliphatic heterocycles. The Kier molecular flexibility index (Phi) is 5.96. The van der Waals surface area contributed by atoms with Gasteiger partial charge in [0.1, 0.15) is 0 Å². The van der Waals surface area contributed by atoms with Crippen LogP contribution < -0.4 is 0 Å². The third kappa shape index (κ3) is 4.31. The average molecular weight is 361 g/mol. The summed E-state index contributed by atoms with van der Waals surface area (Å²) >= 11 is 0. The van der Waals surface area contributed by atoms with E-state index in [4.69, 9.17) is 0 Å². The van der Waals surface area contributed by atoms with E-state index in [0.717, 1.165) is 42.1 Å². The lowest BCUT2D eigenvalue weighted by Crippen LogP contribution is -2.26. The van der Waals surface area contributed by atoms with Crippen molar-refractivity contribution in [2.75, 3.05) is 0 Å². The van der Waals surface area contributed by atoms with Crippen LogP contribution in [0.25, 0.3) is 0 Å². The summed E-state index contributed by atoms with van der Waals surface area (Å²) in [6.07, 6.45) is 18.1. The van der Waals surface area contributed by atoms with Crippen molar-refractivity contribution in [2.24, 2.45) is 23.7 Å². The second-order valence-electron chi connectivity index (χ2n) is 9.45. The molecule has 0 unspecified atom stereocenters. The Labute approximate surface area is 157 Å². The van der Waals surface area contributed by atoms with Gasteiger partial charge >= 0.3 is 0 Å². The van der Waals surface area contributed by atoms with E-state index in [1.807, 2.05) is 0 Å². The summed E-state index contributed by atoms with van der Waals surface area (Å²) in [4.78, 5) is 0. The predicted octanol–water partition coefficient (Wildman–Crippen LogP) is 7.63. The molecule has 26 heavy (non-hydrogen) atoms. The molecule has 0 amide bonds. The van der Waals surface area contributed by atoms with Gasteiger partial charge in [-0.1, -0.05) is 44.6 Å². The van der Waals surface area contributed by atoms with Crippen molar-refractivity contribution in [3.63, 3.8) is 0 Å². The fraction of sp³-hybridized carbons (Fsp3) is 0.750. The Balaban J connectivity index is 1.23. The van der Waals surface area contributed by atoms with Crippen LogP contribution in [0.2, 0.25) is 0 Å². The quantitative estimate of drug-likeness (QED) is 0.518. The molecular weight excluding hydrogens is 326 g/mol. The predicted molar refractivity (Wildman–Crippen MR) is 103 cm³/mol. The van der Waals surface area contributed by atoms with Crippen molar-refractivity contribution in [1.82, 2.24) is 0 Å². The highest BCUT2D eigenvalue weighted by molar-refractivity contribution is 5.22. The molecule has 0 N–H and O–H groups in total. The molecule has 0 nitrogen and oxygen atoms in total. The molecule has 0 atom stereocenters. The zero-order valence-corrected chi connectivity index (χ0v) is 16.1. The second-order valence-corrected chi connectivity index (χ2v) is 9.45. The summed E-state index contributed by atoms with van der Waals surface area (Å²) in [5.74, 6) is 2.88. The first kappa shape index (κ1) is 18.4. The Bertz CT molecular complexity index is 574. The molecule has 0 saturated heterocycles. The van der Waals surface area contributed by atoms with Crippen LogP contribution in [-0.2, 0) is 0 Å². The Morgan fingerprint density at radius 2 is 1.23 bits per heavy atom. The van der Waals surface area contributed by atoms with E-state index < -0.39 is 11.6 Å². The van der Waals surface area contributed by atoms with E-state index in [1.165, 1.54) is 82.8 Å². The highest BCUT2D eigenvalue weighted by Crippen LogP contribution is 2.45. The van der Waals surface area contributed by atoms with Crippen molar-refractivity contribution in [2.45, 2.75) is 89.4 Å². The molecule has 3 aliphatic carbocycles. The molecule has 1 aromatic rings. The molecule has 0 bridgehead atoms. The molecular formula is C24H34F2. The van der Waals surface area contributed by atoms with Gasteiger partial charge in [0.15, 0.2) is 11.6 Å². The van der Waals surface area contributed by atoms with Crippen LogP contribution in [0.5, 0.6) is 0 Å². The molecule has 2 heteroatoms. The molecule has 144 valence electrons. The van der Waals surface area contributed by atoms with E-state index in [2.05, 4.69) is 0 Å². The van der Waals surface area contributed by atoms with Gasteiger partial charge in [-0.05, 0) is 92.2 Å².